The van der Waals surface area contributed by atoms with E-state index in [1.165, 1.54) is 25.9 Å². The number of aliphatic hydroxyl groups is 1. The fourth-order valence-corrected chi connectivity index (χ4v) is 3.90. The van der Waals surface area contributed by atoms with Crippen molar-refractivity contribution in [2.75, 3.05) is 26.2 Å². The first kappa shape index (κ1) is 9.86. The van der Waals surface area contributed by atoms with Gasteiger partial charge in [0.25, 0.3) is 0 Å². The van der Waals surface area contributed by atoms with Crippen molar-refractivity contribution < 1.29 is 5.11 Å². The SMILES string of the molecule is OCCCN1CC2C3C=CC(CC3)C2C1. The average Bonchev–Trinajstić information content (AvgIpc) is 2.73. The Bertz CT molecular complexity index is 241. The molecule has 1 heterocycles. The Hall–Kier alpha value is -0.340. The van der Waals surface area contributed by atoms with E-state index in [9.17, 15) is 0 Å². The van der Waals surface area contributed by atoms with E-state index in [0.29, 0.717) is 6.61 Å². The van der Waals surface area contributed by atoms with E-state index in [0.717, 1.165) is 36.6 Å². The lowest BCUT2D eigenvalue weighted by Crippen LogP contribution is -2.35. The van der Waals surface area contributed by atoms with E-state index in [1.807, 2.05) is 0 Å². The zero-order chi connectivity index (χ0) is 10.3. The van der Waals surface area contributed by atoms with Crippen LogP contribution in [0, 0.1) is 23.7 Å². The van der Waals surface area contributed by atoms with Gasteiger partial charge in [-0.3, -0.25) is 0 Å². The van der Waals surface area contributed by atoms with Crippen molar-refractivity contribution >= 4 is 0 Å². The third-order valence-corrected chi connectivity index (χ3v) is 4.66. The van der Waals surface area contributed by atoms with Gasteiger partial charge < -0.3 is 10.0 Å². The van der Waals surface area contributed by atoms with Crippen molar-refractivity contribution in [3.63, 3.8) is 0 Å². The molecule has 0 aromatic rings. The fraction of sp³-hybridized carbons (Fsp3) is 0.846. The Morgan fingerprint density at radius 3 is 2.13 bits per heavy atom. The summed E-state index contributed by atoms with van der Waals surface area (Å²) in [6.07, 6.45) is 8.75. The molecular weight excluding hydrogens is 186 g/mol. The molecule has 1 saturated heterocycles. The van der Waals surface area contributed by atoms with Gasteiger partial charge in [-0.05, 0) is 42.9 Å². The maximum Gasteiger partial charge on any atom is 0.0443 e. The van der Waals surface area contributed by atoms with Crippen molar-refractivity contribution in [3.8, 4) is 0 Å². The van der Waals surface area contributed by atoms with E-state index < -0.39 is 0 Å². The predicted octanol–water partition coefficient (Wildman–Crippen LogP) is 1.51. The van der Waals surface area contributed by atoms with E-state index in [4.69, 9.17) is 5.11 Å². The van der Waals surface area contributed by atoms with Crippen LogP contribution in [0.2, 0.25) is 0 Å². The highest BCUT2D eigenvalue weighted by molar-refractivity contribution is 5.12. The number of hydrogen-bond donors (Lipinski definition) is 1. The van der Waals surface area contributed by atoms with Gasteiger partial charge in [0.05, 0.1) is 0 Å². The Kier molecular flexibility index (Phi) is 2.57. The number of aliphatic hydroxyl groups excluding tert-OH is 1. The number of nitrogens with zero attached hydrogens (tertiary/aromatic N) is 1. The summed E-state index contributed by atoms with van der Waals surface area (Å²) in [5.41, 5.74) is 0. The lowest BCUT2D eigenvalue weighted by Gasteiger charge is -2.40. The topological polar surface area (TPSA) is 23.5 Å². The summed E-state index contributed by atoms with van der Waals surface area (Å²) in [4.78, 5) is 2.57. The number of likely N-dealkylation sites (tertiary alicyclic amines) is 1. The molecule has 1 N–H and O–H groups in total. The quantitative estimate of drug-likeness (QED) is 0.709. The summed E-state index contributed by atoms with van der Waals surface area (Å²) in [7, 11) is 0. The molecule has 0 spiro atoms. The average molecular weight is 207 g/mol. The second kappa shape index (κ2) is 3.91. The first-order chi connectivity index (χ1) is 7.38. The molecule has 0 amide bonds. The first-order valence-electron chi connectivity index (χ1n) is 6.40. The highest BCUT2D eigenvalue weighted by Gasteiger charge is 2.45. The third kappa shape index (κ3) is 1.64. The molecule has 4 aliphatic rings. The highest BCUT2D eigenvalue weighted by Crippen LogP contribution is 2.48. The summed E-state index contributed by atoms with van der Waals surface area (Å²) in [5, 5.41) is 8.86. The van der Waals surface area contributed by atoms with E-state index in [2.05, 4.69) is 17.1 Å². The molecule has 0 radical (unpaired) electrons. The number of rotatable bonds is 3. The lowest BCUT2D eigenvalue weighted by molar-refractivity contribution is 0.169. The molecule has 15 heavy (non-hydrogen) atoms. The first-order valence-corrected chi connectivity index (χ1v) is 6.40. The van der Waals surface area contributed by atoms with Gasteiger partial charge in [0.2, 0.25) is 0 Å². The van der Waals surface area contributed by atoms with Crippen LogP contribution in [0.15, 0.2) is 12.2 Å². The summed E-state index contributed by atoms with van der Waals surface area (Å²) in [6, 6.07) is 0. The van der Waals surface area contributed by atoms with Crippen molar-refractivity contribution in [3.05, 3.63) is 12.2 Å². The third-order valence-electron chi connectivity index (χ3n) is 4.66. The van der Waals surface area contributed by atoms with Crippen LogP contribution >= 0.6 is 0 Å². The molecule has 4 rings (SSSR count). The Balaban J connectivity index is 1.65. The van der Waals surface area contributed by atoms with Gasteiger partial charge in [-0.25, -0.2) is 0 Å². The fourth-order valence-electron chi connectivity index (χ4n) is 3.90. The smallest absolute Gasteiger partial charge is 0.0443 e. The Labute approximate surface area is 92.0 Å². The molecule has 2 fully saturated rings. The maximum atomic E-state index is 8.86. The standard InChI is InChI=1S/C13H21NO/c15-7-1-6-14-8-12-10-2-3-11(5-4-10)13(12)9-14/h2-3,10-13,15H,1,4-9H2. The van der Waals surface area contributed by atoms with Crippen LogP contribution in [-0.2, 0) is 0 Å². The largest absolute Gasteiger partial charge is 0.396 e. The van der Waals surface area contributed by atoms with Crippen molar-refractivity contribution in [2.45, 2.75) is 19.3 Å². The highest BCUT2D eigenvalue weighted by atomic mass is 16.3. The minimum atomic E-state index is 0.344. The maximum absolute atomic E-state index is 8.86. The van der Waals surface area contributed by atoms with Crippen LogP contribution in [0.5, 0.6) is 0 Å². The number of allylic oxidation sites excluding steroid dienone is 2. The van der Waals surface area contributed by atoms with Crippen LogP contribution in [-0.4, -0.2) is 36.2 Å². The molecule has 1 saturated carbocycles. The van der Waals surface area contributed by atoms with Crippen LogP contribution < -0.4 is 0 Å². The minimum Gasteiger partial charge on any atom is -0.396 e. The van der Waals surface area contributed by atoms with Gasteiger partial charge in [-0.15, -0.1) is 0 Å². The van der Waals surface area contributed by atoms with E-state index >= 15 is 0 Å². The van der Waals surface area contributed by atoms with Crippen LogP contribution in [0.4, 0.5) is 0 Å². The van der Waals surface area contributed by atoms with E-state index in [1.54, 1.807) is 0 Å². The summed E-state index contributed by atoms with van der Waals surface area (Å²) < 4.78 is 0. The second-order valence-corrected chi connectivity index (χ2v) is 5.45. The zero-order valence-electron chi connectivity index (χ0n) is 9.31. The zero-order valence-corrected chi connectivity index (χ0v) is 9.31. The molecule has 0 aromatic heterocycles. The van der Waals surface area contributed by atoms with Gasteiger partial charge in [0, 0.05) is 26.2 Å². The summed E-state index contributed by atoms with van der Waals surface area (Å²) >= 11 is 0. The Morgan fingerprint density at radius 2 is 1.67 bits per heavy atom. The second-order valence-electron chi connectivity index (χ2n) is 5.45. The summed E-state index contributed by atoms with van der Waals surface area (Å²) in [5.74, 6) is 3.62. The predicted molar refractivity (Wildman–Crippen MR) is 60.5 cm³/mol. The normalized spacial score (nSPS) is 43.5. The van der Waals surface area contributed by atoms with Crippen LogP contribution in [0.25, 0.3) is 0 Å². The van der Waals surface area contributed by atoms with Gasteiger partial charge >= 0.3 is 0 Å². The van der Waals surface area contributed by atoms with Gasteiger partial charge in [0.15, 0.2) is 0 Å². The van der Waals surface area contributed by atoms with Crippen molar-refractivity contribution in [2.24, 2.45) is 23.7 Å². The molecule has 1 aliphatic heterocycles. The molecule has 4 atom stereocenters. The molecule has 84 valence electrons. The lowest BCUT2D eigenvalue weighted by atomic mass is 9.64. The van der Waals surface area contributed by atoms with Crippen molar-refractivity contribution in [1.82, 2.24) is 4.90 Å². The molecule has 2 heteroatoms. The van der Waals surface area contributed by atoms with Crippen LogP contribution in [0.3, 0.4) is 0 Å². The van der Waals surface area contributed by atoms with Crippen molar-refractivity contribution in [1.29, 1.82) is 0 Å². The number of fused-ring (bicyclic) bond motifs is 1. The molecule has 4 unspecified atom stereocenters. The molecule has 0 aromatic carbocycles. The molecular formula is C13H21NO. The number of hydrogen-bond acceptors (Lipinski definition) is 2. The van der Waals surface area contributed by atoms with E-state index in [-0.39, 0.29) is 0 Å². The minimum absolute atomic E-state index is 0.344. The van der Waals surface area contributed by atoms with Crippen LogP contribution in [0.1, 0.15) is 19.3 Å². The van der Waals surface area contributed by atoms with Gasteiger partial charge in [0.1, 0.15) is 0 Å². The van der Waals surface area contributed by atoms with Gasteiger partial charge in [-0.2, -0.15) is 0 Å². The molecule has 3 aliphatic carbocycles. The molecule has 2 bridgehead atoms. The summed E-state index contributed by atoms with van der Waals surface area (Å²) in [6.45, 7) is 4.02. The molecule has 2 nitrogen and oxygen atoms in total. The Morgan fingerprint density at radius 1 is 1.07 bits per heavy atom. The monoisotopic (exact) mass is 207 g/mol. The van der Waals surface area contributed by atoms with Gasteiger partial charge in [-0.1, -0.05) is 12.2 Å².